The molecule has 0 aliphatic carbocycles. The van der Waals surface area contributed by atoms with Gasteiger partial charge in [0.1, 0.15) is 6.07 Å². The van der Waals surface area contributed by atoms with Gasteiger partial charge in [0.2, 0.25) is 15.9 Å². The summed E-state index contributed by atoms with van der Waals surface area (Å²) in [6, 6.07) is 5.67. The zero-order chi connectivity index (χ0) is 17.1. The Bertz CT molecular complexity index is 752. The van der Waals surface area contributed by atoms with Crippen molar-refractivity contribution < 1.29 is 17.9 Å². The summed E-state index contributed by atoms with van der Waals surface area (Å²) in [6.07, 6.45) is 0.720. The number of carbonyl (C=O) groups is 1. The lowest BCUT2D eigenvalue weighted by Gasteiger charge is -2.34. The van der Waals surface area contributed by atoms with Gasteiger partial charge >= 0.3 is 0 Å². The van der Waals surface area contributed by atoms with Gasteiger partial charge in [-0.05, 0) is 31.0 Å². The van der Waals surface area contributed by atoms with Gasteiger partial charge in [-0.2, -0.15) is 5.26 Å². The number of nitrogens with one attached hydrogen (secondary N) is 1. The summed E-state index contributed by atoms with van der Waals surface area (Å²) in [5.74, 6) is -0.554. The Balaban J connectivity index is 2.19. The first kappa shape index (κ1) is 17.7. The van der Waals surface area contributed by atoms with Crippen LogP contribution in [-0.4, -0.2) is 34.1 Å². The molecule has 0 aromatic heterocycles. The standard InChI is InChI=1S/C14H16ClN3O4S/c15-12-7-11(2-1-10(12)8-16)23(20,21)18-9-14(13(17)19)3-5-22-6-4-14/h1-2,7,18H,3-6,9H2,(H2,17,19). The van der Waals surface area contributed by atoms with Crippen molar-refractivity contribution in [3.63, 3.8) is 0 Å². The number of halogens is 1. The van der Waals surface area contributed by atoms with Crippen molar-refractivity contribution in [2.24, 2.45) is 11.1 Å². The SMILES string of the molecule is N#Cc1ccc(S(=O)(=O)NCC2(C(N)=O)CCOCC2)cc1Cl. The minimum Gasteiger partial charge on any atom is -0.381 e. The van der Waals surface area contributed by atoms with Crippen LogP contribution in [0, 0.1) is 16.7 Å². The highest BCUT2D eigenvalue weighted by Gasteiger charge is 2.39. The van der Waals surface area contributed by atoms with E-state index in [1.54, 1.807) is 0 Å². The molecular formula is C14H16ClN3O4S. The van der Waals surface area contributed by atoms with E-state index < -0.39 is 21.3 Å². The largest absolute Gasteiger partial charge is 0.381 e. The molecule has 0 saturated carbocycles. The number of sulfonamides is 1. The Hall–Kier alpha value is -1.66. The van der Waals surface area contributed by atoms with E-state index in [1.807, 2.05) is 6.07 Å². The van der Waals surface area contributed by atoms with Gasteiger partial charge in [0.25, 0.3) is 0 Å². The molecule has 1 fully saturated rings. The van der Waals surface area contributed by atoms with Crippen molar-refractivity contribution in [2.75, 3.05) is 19.8 Å². The monoisotopic (exact) mass is 357 g/mol. The molecule has 1 aromatic rings. The molecule has 0 atom stereocenters. The lowest BCUT2D eigenvalue weighted by Crippen LogP contribution is -2.49. The third-order valence-corrected chi connectivity index (χ3v) is 5.66. The number of nitriles is 1. The van der Waals surface area contributed by atoms with Crippen LogP contribution in [0.3, 0.4) is 0 Å². The maximum absolute atomic E-state index is 12.4. The highest BCUT2D eigenvalue weighted by Crippen LogP contribution is 2.30. The van der Waals surface area contributed by atoms with Crippen LogP contribution in [-0.2, 0) is 19.6 Å². The fraction of sp³-hybridized carbons (Fsp3) is 0.429. The van der Waals surface area contributed by atoms with Crippen molar-refractivity contribution in [3.8, 4) is 6.07 Å². The van der Waals surface area contributed by atoms with Crippen molar-refractivity contribution in [1.82, 2.24) is 4.72 Å². The first-order valence-corrected chi connectivity index (χ1v) is 8.74. The average Bonchev–Trinajstić information content (AvgIpc) is 2.53. The van der Waals surface area contributed by atoms with Crippen LogP contribution in [0.1, 0.15) is 18.4 Å². The molecule has 3 N–H and O–H groups in total. The van der Waals surface area contributed by atoms with Crippen molar-refractivity contribution in [2.45, 2.75) is 17.7 Å². The van der Waals surface area contributed by atoms with Crippen LogP contribution in [0.25, 0.3) is 0 Å². The van der Waals surface area contributed by atoms with E-state index in [4.69, 9.17) is 27.3 Å². The van der Waals surface area contributed by atoms with E-state index >= 15 is 0 Å². The number of hydrogen-bond donors (Lipinski definition) is 2. The Labute approximate surface area is 139 Å². The summed E-state index contributed by atoms with van der Waals surface area (Å²) >= 11 is 5.86. The van der Waals surface area contributed by atoms with Gasteiger partial charge in [-0.15, -0.1) is 0 Å². The van der Waals surface area contributed by atoms with E-state index in [2.05, 4.69) is 4.72 Å². The molecule has 9 heteroatoms. The highest BCUT2D eigenvalue weighted by molar-refractivity contribution is 7.89. The number of nitrogens with two attached hydrogens (primary N) is 1. The van der Waals surface area contributed by atoms with Crippen molar-refractivity contribution in [1.29, 1.82) is 5.26 Å². The van der Waals surface area contributed by atoms with Gasteiger partial charge in [0.05, 0.1) is 20.9 Å². The minimum absolute atomic E-state index is 0.0473. The molecule has 23 heavy (non-hydrogen) atoms. The molecule has 1 aliphatic heterocycles. The molecule has 0 unspecified atom stereocenters. The van der Waals surface area contributed by atoms with Crippen LogP contribution in [0.5, 0.6) is 0 Å². The molecule has 1 aromatic carbocycles. The third-order valence-electron chi connectivity index (χ3n) is 3.94. The Kier molecular flexibility index (Phi) is 5.26. The fourth-order valence-corrected chi connectivity index (χ4v) is 3.78. The number of benzene rings is 1. The zero-order valence-electron chi connectivity index (χ0n) is 12.2. The quantitative estimate of drug-likeness (QED) is 0.805. The summed E-state index contributed by atoms with van der Waals surface area (Å²) in [5.41, 5.74) is 4.67. The molecule has 1 saturated heterocycles. The van der Waals surface area contributed by atoms with E-state index in [0.717, 1.165) is 0 Å². The maximum Gasteiger partial charge on any atom is 0.240 e. The second kappa shape index (κ2) is 6.84. The van der Waals surface area contributed by atoms with Gasteiger partial charge in [-0.3, -0.25) is 4.79 Å². The van der Waals surface area contributed by atoms with Crippen LogP contribution < -0.4 is 10.5 Å². The predicted octanol–water partition coefficient (Wildman–Crippen LogP) is 0.772. The molecule has 1 aliphatic rings. The summed E-state index contributed by atoms with van der Waals surface area (Å²) in [4.78, 5) is 11.7. The number of primary amides is 1. The van der Waals surface area contributed by atoms with Crippen molar-refractivity contribution >= 4 is 27.5 Å². The van der Waals surface area contributed by atoms with Crippen LogP contribution in [0.2, 0.25) is 5.02 Å². The van der Waals surface area contributed by atoms with Gasteiger partial charge in [-0.1, -0.05) is 11.6 Å². The number of amides is 1. The third kappa shape index (κ3) is 3.82. The van der Waals surface area contributed by atoms with Crippen LogP contribution in [0.4, 0.5) is 0 Å². The molecule has 0 spiro atoms. The van der Waals surface area contributed by atoms with E-state index in [-0.39, 0.29) is 22.0 Å². The van der Waals surface area contributed by atoms with Gasteiger partial charge in [-0.25, -0.2) is 13.1 Å². The Morgan fingerprint density at radius 2 is 2.09 bits per heavy atom. The molecular weight excluding hydrogens is 342 g/mol. The lowest BCUT2D eigenvalue weighted by molar-refractivity contribution is -0.132. The highest BCUT2D eigenvalue weighted by atomic mass is 35.5. The number of carbonyl (C=O) groups excluding carboxylic acids is 1. The maximum atomic E-state index is 12.4. The van der Waals surface area contributed by atoms with Crippen LogP contribution >= 0.6 is 11.6 Å². The van der Waals surface area contributed by atoms with E-state index in [1.165, 1.54) is 18.2 Å². The normalized spacial score (nSPS) is 17.4. The summed E-state index contributed by atoms with van der Waals surface area (Å²) in [6.45, 7) is 0.604. The second-order valence-corrected chi connectivity index (χ2v) is 7.51. The molecule has 0 bridgehead atoms. The topological polar surface area (TPSA) is 122 Å². The lowest BCUT2D eigenvalue weighted by atomic mass is 9.80. The molecule has 124 valence electrons. The minimum atomic E-state index is -3.87. The average molecular weight is 358 g/mol. The van der Waals surface area contributed by atoms with Crippen molar-refractivity contribution in [3.05, 3.63) is 28.8 Å². The molecule has 2 rings (SSSR count). The molecule has 7 nitrogen and oxygen atoms in total. The Morgan fingerprint density at radius 3 is 2.61 bits per heavy atom. The zero-order valence-corrected chi connectivity index (χ0v) is 13.8. The predicted molar refractivity (Wildman–Crippen MR) is 83.0 cm³/mol. The molecule has 0 radical (unpaired) electrons. The number of rotatable bonds is 5. The fourth-order valence-electron chi connectivity index (χ4n) is 2.34. The number of hydrogen-bond acceptors (Lipinski definition) is 5. The molecule has 1 heterocycles. The first-order chi connectivity index (χ1) is 10.8. The van der Waals surface area contributed by atoms with E-state index in [9.17, 15) is 13.2 Å². The van der Waals surface area contributed by atoms with E-state index in [0.29, 0.717) is 26.1 Å². The summed E-state index contributed by atoms with van der Waals surface area (Å²) in [5, 5.41) is 8.87. The second-order valence-electron chi connectivity index (χ2n) is 5.33. The Morgan fingerprint density at radius 1 is 1.43 bits per heavy atom. The molecule has 1 amide bonds. The van der Waals surface area contributed by atoms with Gasteiger partial charge in [0, 0.05) is 19.8 Å². The van der Waals surface area contributed by atoms with Crippen LogP contribution in [0.15, 0.2) is 23.1 Å². The number of nitrogens with zero attached hydrogens (tertiary/aromatic N) is 1. The summed E-state index contributed by atoms with van der Waals surface area (Å²) < 4.78 is 32.3. The number of ether oxygens (including phenoxy) is 1. The van der Waals surface area contributed by atoms with Gasteiger partial charge < -0.3 is 10.5 Å². The smallest absolute Gasteiger partial charge is 0.240 e. The first-order valence-electron chi connectivity index (χ1n) is 6.88. The van der Waals surface area contributed by atoms with Gasteiger partial charge in [0.15, 0.2) is 0 Å². The summed E-state index contributed by atoms with van der Waals surface area (Å²) in [7, 11) is -3.87.